The second-order valence-corrected chi connectivity index (χ2v) is 8.60. The number of hydrazone groups is 1. The van der Waals surface area contributed by atoms with Crippen molar-refractivity contribution in [2.45, 2.75) is 20.8 Å². The average molecular weight is 442 g/mol. The van der Waals surface area contributed by atoms with Gasteiger partial charge in [-0.3, -0.25) is 9.10 Å². The normalized spacial score (nSPS) is 11.7. The molecule has 1 heterocycles. The van der Waals surface area contributed by atoms with Crippen molar-refractivity contribution in [3.8, 4) is 0 Å². The summed E-state index contributed by atoms with van der Waals surface area (Å²) in [5.74, 6) is 0.593. The van der Waals surface area contributed by atoms with Gasteiger partial charge in [-0.25, -0.2) is 13.8 Å². The fraction of sp³-hybridized carbons (Fsp3) is 0.294. The van der Waals surface area contributed by atoms with Crippen molar-refractivity contribution in [1.82, 2.24) is 5.43 Å². The molecule has 140 valence electrons. The Morgan fingerprint density at radius 3 is 2.62 bits per heavy atom. The van der Waals surface area contributed by atoms with Crippen molar-refractivity contribution < 1.29 is 17.6 Å². The van der Waals surface area contributed by atoms with E-state index < -0.39 is 15.9 Å². The largest absolute Gasteiger partial charge is 0.459 e. The number of rotatable bonds is 6. The van der Waals surface area contributed by atoms with E-state index in [1.807, 2.05) is 19.9 Å². The number of halogens is 1. The third kappa shape index (κ3) is 4.95. The summed E-state index contributed by atoms with van der Waals surface area (Å²) < 4.78 is 31.5. The molecule has 0 fully saturated rings. The maximum Gasteiger partial charge on any atom is 0.260 e. The molecule has 26 heavy (non-hydrogen) atoms. The molecule has 9 heteroatoms. The van der Waals surface area contributed by atoms with Gasteiger partial charge in [0, 0.05) is 6.07 Å². The molecule has 0 unspecified atom stereocenters. The first kappa shape index (κ1) is 20.2. The number of nitrogens with zero attached hydrogens (tertiary/aromatic N) is 2. The van der Waals surface area contributed by atoms with Gasteiger partial charge in [0.25, 0.3) is 5.91 Å². The summed E-state index contributed by atoms with van der Waals surface area (Å²) >= 11 is 3.31. The van der Waals surface area contributed by atoms with Crippen molar-refractivity contribution in [1.29, 1.82) is 0 Å². The molecule has 0 aliphatic rings. The number of carbonyl (C=O) groups is 1. The van der Waals surface area contributed by atoms with Crippen molar-refractivity contribution in [2.24, 2.45) is 5.10 Å². The summed E-state index contributed by atoms with van der Waals surface area (Å²) in [5.41, 5.74) is 4.52. The number of hydrogen-bond donors (Lipinski definition) is 1. The number of benzene rings is 1. The van der Waals surface area contributed by atoms with Gasteiger partial charge in [-0.15, -0.1) is 0 Å². The van der Waals surface area contributed by atoms with Crippen molar-refractivity contribution >= 4 is 43.8 Å². The van der Waals surface area contributed by atoms with Gasteiger partial charge >= 0.3 is 0 Å². The number of furan rings is 1. The Labute approximate surface area is 161 Å². The summed E-state index contributed by atoms with van der Waals surface area (Å²) in [7, 11) is -3.64. The molecule has 0 aliphatic heterocycles. The zero-order chi connectivity index (χ0) is 19.5. The third-order valence-corrected chi connectivity index (χ3v) is 5.70. The Balaban J connectivity index is 2.13. The lowest BCUT2D eigenvalue weighted by atomic mass is 10.1. The standard InChI is InChI=1S/C17H20BrN3O4S/c1-11-6-5-7-16(12(11)2)21(26(4,23)24)10-17(22)20-19-9-14-8-15(18)13(3)25-14/h5-9H,10H2,1-4H3,(H,20,22)/b19-9-. The second kappa shape index (κ2) is 8.05. The van der Waals surface area contributed by atoms with Crippen molar-refractivity contribution in [2.75, 3.05) is 17.1 Å². The van der Waals surface area contributed by atoms with Crippen LogP contribution in [0.2, 0.25) is 0 Å². The molecule has 0 atom stereocenters. The number of anilines is 1. The molecule has 2 aromatic rings. The van der Waals surface area contributed by atoms with Crippen LogP contribution in [0.15, 0.2) is 38.3 Å². The molecule has 0 spiro atoms. The number of aryl methyl sites for hydroxylation is 2. The predicted octanol–water partition coefficient (Wildman–Crippen LogP) is 2.88. The van der Waals surface area contributed by atoms with Crippen LogP contribution in [0, 0.1) is 20.8 Å². The van der Waals surface area contributed by atoms with Crippen LogP contribution in [-0.4, -0.2) is 33.3 Å². The zero-order valence-corrected chi connectivity index (χ0v) is 17.3. The molecule has 1 N–H and O–H groups in total. The minimum atomic E-state index is -3.64. The number of nitrogens with one attached hydrogen (secondary N) is 1. The maximum atomic E-state index is 12.2. The predicted molar refractivity (Wildman–Crippen MR) is 105 cm³/mol. The number of hydrogen-bond acceptors (Lipinski definition) is 5. The summed E-state index contributed by atoms with van der Waals surface area (Å²) in [5, 5.41) is 3.80. The molecule has 2 rings (SSSR count). The molecule has 1 aromatic carbocycles. The van der Waals surface area contributed by atoms with Crippen LogP contribution in [0.25, 0.3) is 0 Å². The quantitative estimate of drug-likeness (QED) is 0.550. The highest BCUT2D eigenvalue weighted by molar-refractivity contribution is 9.10. The van der Waals surface area contributed by atoms with Crippen LogP contribution in [0.5, 0.6) is 0 Å². The maximum absolute atomic E-state index is 12.2. The molecule has 7 nitrogen and oxygen atoms in total. The Morgan fingerprint density at radius 2 is 2.04 bits per heavy atom. The average Bonchev–Trinajstić information content (AvgIpc) is 2.85. The van der Waals surface area contributed by atoms with Crippen molar-refractivity contribution in [3.63, 3.8) is 0 Å². The molecular weight excluding hydrogens is 422 g/mol. The van der Waals surface area contributed by atoms with E-state index in [4.69, 9.17) is 4.42 Å². The van der Waals surface area contributed by atoms with Crippen LogP contribution >= 0.6 is 15.9 Å². The fourth-order valence-corrected chi connectivity index (χ4v) is 3.48. The van der Waals surface area contributed by atoms with E-state index in [1.54, 1.807) is 25.1 Å². The molecule has 0 saturated carbocycles. The van der Waals surface area contributed by atoms with Gasteiger partial charge in [-0.2, -0.15) is 5.10 Å². The SMILES string of the molecule is Cc1cccc(N(CC(=O)N/N=C\c2cc(Br)c(C)o2)S(C)(=O)=O)c1C. The summed E-state index contributed by atoms with van der Waals surface area (Å²) in [6, 6.07) is 7.02. The number of sulfonamides is 1. The van der Waals surface area contributed by atoms with E-state index in [2.05, 4.69) is 26.5 Å². The molecule has 0 saturated heterocycles. The number of amides is 1. The Hall–Kier alpha value is -2.13. The lowest BCUT2D eigenvalue weighted by Gasteiger charge is -2.23. The Morgan fingerprint density at radius 1 is 1.35 bits per heavy atom. The molecule has 0 radical (unpaired) electrons. The minimum absolute atomic E-state index is 0.374. The summed E-state index contributed by atoms with van der Waals surface area (Å²) in [6.07, 6.45) is 2.41. The molecule has 1 aromatic heterocycles. The monoisotopic (exact) mass is 441 g/mol. The smallest absolute Gasteiger partial charge is 0.260 e. The highest BCUT2D eigenvalue weighted by Crippen LogP contribution is 2.24. The molecule has 0 aliphatic carbocycles. The highest BCUT2D eigenvalue weighted by Gasteiger charge is 2.22. The summed E-state index contributed by atoms with van der Waals surface area (Å²) in [6.45, 7) is 5.11. The van der Waals surface area contributed by atoms with Crippen LogP contribution in [0.3, 0.4) is 0 Å². The van der Waals surface area contributed by atoms with E-state index in [9.17, 15) is 13.2 Å². The van der Waals surface area contributed by atoms with Crippen LogP contribution < -0.4 is 9.73 Å². The van der Waals surface area contributed by atoms with Gasteiger partial charge in [-0.05, 0) is 53.9 Å². The van der Waals surface area contributed by atoms with Gasteiger partial charge in [-0.1, -0.05) is 12.1 Å². The Bertz CT molecular complexity index is 931. The molecular formula is C17H20BrN3O4S. The highest BCUT2D eigenvalue weighted by atomic mass is 79.9. The molecule has 0 bridgehead atoms. The van der Waals surface area contributed by atoms with E-state index in [0.29, 0.717) is 17.2 Å². The van der Waals surface area contributed by atoms with Crippen LogP contribution in [-0.2, 0) is 14.8 Å². The van der Waals surface area contributed by atoms with Crippen LogP contribution in [0.4, 0.5) is 5.69 Å². The molecule has 1 amide bonds. The lowest BCUT2D eigenvalue weighted by Crippen LogP contribution is -2.39. The van der Waals surface area contributed by atoms with E-state index in [0.717, 1.165) is 26.2 Å². The minimum Gasteiger partial charge on any atom is -0.459 e. The number of carbonyl (C=O) groups excluding carboxylic acids is 1. The van der Waals surface area contributed by atoms with Gasteiger partial charge in [0.2, 0.25) is 10.0 Å². The lowest BCUT2D eigenvalue weighted by molar-refractivity contribution is -0.119. The van der Waals surface area contributed by atoms with Gasteiger partial charge < -0.3 is 4.42 Å². The van der Waals surface area contributed by atoms with Gasteiger partial charge in [0.05, 0.1) is 22.6 Å². The van der Waals surface area contributed by atoms with Crippen LogP contribution in [0.1, 0.15) is 22.6 Å². The Kier molecular flexibility index (Phi) is 6.25. The second-order valence-electron chi connectivity index (χ2n) is 5.83. The van der Waals surface area contributed by atoms with E-state index in [1.165, 1.54) is 6.21 Å². The first-order chi connectivity index (χ1) is 12.1. The van der Waals surface area contributed by atoms with Gasteiger partial charge in [0.15, 0.2) is 0 Å². The van der Waals surface area contributed by atoms with E-state index in [-0.39, 0.29) is 6.54 Å². The summed E-state index contributed by atoms with van der Waals surface area (Å²) in [4.78, 5) is 12.2. The topological polar surface area (TPSA) is 92.0 Å². The van der Waals surface area contributed by atoms with E-state index >= 15 is 0 Å². The zero-order valence-electron chi connectivity index (χ0n) is 14.9. The van der Waals surface area contributed by atoms with Crippen molar-refractivity contribution in [3.05, 3.63) is 51.4 Å². The first-order valence-electron chi connectivity index (χ1n) is 7.71. The fourth-order valence-electron chi connectivity index (χ4n) is 2.27. The van der Waals surface area contributed by atoms with Gasteiger partial charge in [0.1, 0.15) is 18.1 Å². The third-order valence-electron chi connectivity index (χ3n) is 3.79. The first-order valence-corrected chi connectivity index (χ1v) is 10.4.